The largest absolute Gasteiger partial charge is 0.300 e. The predicted molar refractivity (Wildman–Crippen MR) is 266 cm³/mol. The second-order valence-corrected chi connectivity index (χ2v) is 16.7. The van der Waals surface area contributed by atoms with Crippen LogP contribution in [0.3, 0.4) is 0 Å². The Morgan fingerprint density at radius 3 is 0.873 bits per heavy atom. The third-order valence-corrected chi connectivity index (χ3v) is 12.6. The fourth-order valence-electron chi connectivity index (χ4n) is 9.47. The zero-order chi connectivity index (χ0) is 43.0. The summed E-state index contributed by atoms with van der Waals surface area (Å²) in [6, 6.07) is 81.9. The van der Waals surface area contributed by atoms with Crippen LogP contribution in [-0.2, 0) is 36.8 Å². The van der Waals surface area contributed by atoms with Crippen LogP contribution >= 0.6 is 0 Å². The number of benzene rings is 8. The van der Waals surface area contributed by atoms with Crippen molar-refractivity contribution >= 4 is 6.08 Å². The molecule has 0 aliphatic heterocycles. The number of nitrogens with one attached hydrogen (secondary N) is 2. The number of hydrogen-bond donors (Lipinski definition) is 2. The quantitative estimate of drug-likeness (QED) is 0.0557. The predicted octanol–water partition coefficient (Wildman–Crippen LogP) is 13.5. The van der Waals surface area contributed by atoms with Gasteiger partial charge in [0.05, 0.1) is 11.1 Å². The molecule has 0 aliphatic carbocycles. The molecule has 0 aromatic heterocycles. The van der Waals surface area contributed by atoms with Crippen molar-refractivity contribution in [2.75, 3.05) is 13.1 Å². The van der Waals surface area contributed by atoms with E-state index in [0.717, 1.165) is 58.0 Å². The Kier molecular flexibility index (Phi) is 14.7. The summed E-state index contributed by atoms with van der Waals surface area (Å²) in [7, 11) is 0. The van der Waals surface area contributed by atoms with Gasteiger partial charge in [-0.25, -0.2) is 0 Å². The van der Waals surface area contributed by atoms with Crippen molar-refractivity contribution in [1.29, 1.82) is 0 Å². The molecule has 0 amide bonds. The van der Waals surface area contributed by atoms with Crippen LogP contribution in [-0.4, -0.2) is 13.1 Å². The summed E-state index contributed by atoms with van der Waals surface area (Å²) < 4.78 is 0. The van der Waals surface area contributed by atoms with Crippen LogP contribution in [0.4, 0.5) is 0 Å². The highest BCUT2D eigenvalue weighted by Crippen LogP contribution is 2.38. The van der Waals surface area contributed by atoms with Gasteiger partial charge in [0, 0.05) is 0 Å². The van der Waals surface area contributed by atoms with Crippen molar-refractivity contribution < 1.29 is 0 Å². The Hall–Kier alpha value is -6.58. The maximum atomic E-state index is 4.12. The first-order valence-electron chi connectivity index (χ1n) is 22.8. The van der Waals surface area contributed by atoms with Crippen molar-refractivity contribution in [2.45, 2.75) is 56.0 Å². The van der Waals surface area contributed by atoms with E-state index in [0.29, 0.717) is 0 Å². The highest BCUT2D eigenvalue weighted by molar-refractivity contribution is 5.51. The van der Waals surface area contributed by atoms with E-state index >= 15 is 0 Å². The molecule has 2 heteroatoms. The van der Waals surface area contributed by atoms with Crippen LogP contribution in [0, 0.1) is 0 Å². The maximum absolute atomic E-state index is 4.12. The minimum absolute atomic E-state index is 0.470. The van der Waals surface area contributed by atoms with Crippen LogP contribution in [0.1, 0.15) is 80.5 Å². The molecule has 8 aromatic rings. The van der Waals surface area contributed by atoms with E-state index in [9.17, 15) is 0 Å². The molecular formula is C61H60N2. The number of hydrogen-bond acceptors (Lipinski definition) is 2. The number of rotatable bonds is 21. The molecule has 0 unspecified atom stereocenters. The van der Waals surface area contributed by atoms with Crippen molar-refractivity contribution in [1.82, 2.24) is 10.6 Å². The molecule has 0 aliphatic rings. The average Bonchev–Trinajstić information content (AvgIpc) is 3.36. The van der Waals surface area contributed by atoms with Crippen molar-refractivity contribution in [2.24, 2.45) is 0 Å². The Morgan fingerprint density at radius 2 is 0.587 bits per heavy atom. The highest BCUT2D eigenvalue weighted by atomic mass is 15.0. The lowest BCUT2D eigenvalue weighted by Crippen LogP contribution is -2.45. The molecule has 0 fully saturated rings. The molecule has 0 saturated carbocycles. The first kappa shape index (κ1) is 43.1. The fourth-order valence-corrected chi connectivity index (χ4v) is 9.47. The fraction of sp³-hybridized carbons (Fsp3) is 0.180. The van der Waals surface area contributed by atoms with Gasteiger partial charge in [0.2, 0.25) is 0 Å². The summed E-state index contributed by atoms with van der Waals surface area (Å²) in [5.41, 5.74) is 13.4. The van der Waals surface area contributed by atoms with Gasteiger partial charge in [-0.15, -0.1) is 0 Å². The molecule has 0 bridgehead atoms. The van der Waals surface area contributed by atoms with Gasteiger partial charge in [-0.1, -0.05) is 237 Å². The SMILES string of the molecule is C=Cc1ccc(CCCc2cc(CCCNC(c3ccccc3)(c3ccccc3)c3ccccc3)cc(CCCNC(c3ccccc3)(c3ccccc3)c3ccccc3)c2)cc1. The third-order valence-electron chi connectivity index (χ3n) is 12.6. The second kappa shape index (κ2) is 21.5. The zero-order valence-electron chi connectivity index (χ0n) is 36.5. The lowest BCUT2D eigenvalue weighted by atomic mass is 9.77. The second-order valence-electron chi connectivity index (χ2n) is 16.7. The monoisotopic (exact) mass is 820 g/mol. The van der Waals surface area contributed by atoms with Gasteiger partial charge in [0.15, 0.2) is 0 Å². The van der Waals surface area contributed by atoms with E-state index in [2.05, 4.69) is 242 Å². The summed E-state index contributed by atoms with van der Waals surface area (Å²) in [6.07, 6.45) is 9.18. The molecule has 2 nitrogen and oxygen atoms in total. The summed E-state index contributed by atoms with van der Waals surface area (Å²) in [4.78, 5) is 0. The van der Waals surface area contributed by atoms with Gasteiger partial charge in [-0.2, -0.15) is 0 Å². The topological polar surface area (TPSA) is 24.1 Å². The summed E-state index contributed by atoms with van der Waals surface area (Å²) in [6.45, 7) is 5.66. The van der Waals surface area contributed by atoms with Crippen molar-refractivity contribution in [3.05, 3.63) is 292 Å². The van der Waals surface area contributed by atoms with Crippen LogP contribution in [0.25, 0.3) is 6.08 Å². The van der Waals surface area contributed by atoms with E-state index in [1.54, 1.807) is 0 Å². The summed E-state index contributed by atoms with van der Waals surface area (Å²) >= 11 is 0. The van der Waals surface area contributed by atoms with Gasteiger partial charge in [-0.3, -0.25) is 10.6 Å². The van der Waals surface area contributed by atoms with Gasteiger partial charge in [0.25, 0.3) is 0 Å². The lowest BCUT2D eigenvalue weighted by molar-refractivity contribution is 0.465. The summed E-state index contributed by atoms with van der Waals surface area (Å²) in [5.74, 6) is 0. The molecule has 0 radical (unpaired) electrons. The number of aryl methyl sites for hydroxylation is 4. The maximum Gasteiger partial charge on any atom is 0.0947 e. The van der Waals surface area contributed by atoms with E-state index in [4.69, 9.17) is 0 Å². The van der Waals surface area contributed by atoms with Gasteiger partial charge < -0.3 is 0 Å². The van der Waals surface area contributed by atoms with Gasteiger partial charge in [0.1, 0.15) is 0 Å². The molecule has 8 aromatic carbocycles. The van der Waals surface area contributed by atoms with Gasteiger partial charge in [-0.05, 0) is 119 Å². The lowest BCUT2D eigenvalue weighted by Gasteiger charge is -2.37. The molecule has 0 saturated heterocycles. The zero-order valence-corrected chi connectivity index (χ0v) is 36.5. The molecular weight excluding hydrogens is 761 g/mol. The first-order chi connectivity index (χ1) is 31.2. The molecule has 0 heterocycles. The molecule has 0 spiro atoms. The molecule has 0 atom stereocenters. The molecule has 2 N–H and O–H groups in total. The molecule has 8 rings (SSSR count). The third kappa shape index (κ3) is 10.4. The average molecular weight is 821 g/mol. The van der Waals surface area contributed by atoms with Crippen molar-refractivity contribution in [3.63, 3.8) is 0 Å². The normalized spacial score (nSPS) is 11.6. The standard InChI is InChI=1S/C61H60N2/c1-2-49-40-42-50(43-41-49)24-21-25-51-46-52(26-22-44-62-60(54-28-9-3-10-29-54,55-30-11-4-12-31-55)56-32-13-5-14-33-56)48-53(47-51)27-23-45-63-61(57-34-15-6-16-35-57,58-36-17-7-18-37-58)59-38-19-8-20-39-59/h2-20,28-43,46-48,62-63H,1,21-27,44-45H2. The van der Waals surface area contributed by atoms with E-state index in [1.165, 1.54) is 61.2 Å². The highest BCUT2D eigenvalue weighted by Gasteiger charge is 2.36. The van der Waals surface area contributed by atoms with Gasteiger partial charge >= 0.3 is 0 Å². The summed E-state index contributed by atoms with van der Waals surface area (Å²) in [5, 5.41) is 8.25. The van der Waals surface area contributed by atoms with Crippen LogP contribution in [0.5, 0.6) is 0 Å². The minimum Gasteiger partial charge on any atom is -0.300 e. The molecule has 63 heavy (non-hydrogen) atoms. The molecule has 314 valence electrons. The smallest absolute Gasteiger partial charge is 0.0947 e. The Bertz CT molecular complexity index is 2220. The van der Waals surface area contributed by atoms with E-state index < -0.39 is 11.1 Å². The van der Waals surface area contributed by atoms with Crippen LogP contribution in [0.2, 0.25) is 0 Å². The van der Waals surface area contributed by atoms with E-state index in [-0.39, 0.29) is 0 Å². The Balaban J connectivity index is 1.02. The van der Waals surface area contributed by atoms with E-state index in [1.807, 2.05) is 6.08 Å². The minimum atomic E-state index is -0.470. The Labute approximate surface area is 376 Å². The van der Waals surface area contributed by atoms with Crippen molar-refractivity contribution in [3.8, 4) is 0 Å². The Morgan fingerprint density at radius 1 is 0.317 bits per heavy atom. The van der Waals surface area contributed by atoms with Crippen LogP contribution in [0.15, 0.2) is 231 Å². The van der Waals surface area contributed by atoms with Crippen LogP contribution < -0.4 is 10.6 Å². The first-order valence-corrected chi connectivity index (χ1v) is 22.8.